The van der Waals surface area contributed by atoms with Crippen LogP contribution >= 0.6 is 0 Å². The molecule has 0 spiro atoms. The monoisotopic (exact) mass is 373 g/mol. The molecule has 0 saturated heterocycles. The summed E-state index contributed by atoms with van der Waals surface area (Å²) in [5.74, 6) is 0.816. The van der Waals surface area contributed by atoms with Gasteiger partial charge in [-0.05, 0) is 55.5 Å². The first-order valence-corrected chi connectivity index (χ1v) is 9.73. The van der Waals surface area contributed by atoms with Crippen molar-refractivity contribution >= 4 is 5.91 Å². The van der Waals surface area contributed by atoms with Gasteiger partial charge in [0, 0.05) is 5.56 Å². The average Bonchev–Trinajstić information content (AvgIpc) is 2.72. The van der Waals surface area contributed by atoms with Crippen molar-refractivity contribution in [1.82, 2.24) is 5.32 Å². The number of carbonyl (C=O) groups is 1. The summed E-state index contributed by atoms with van der Waals surface area (Å²) in [4.78, 5) is 12.6. The Labute approximate surface area is 167 Å². The zero-order valence-electron chi connectivity index (χ0n) is 16.6. The van der Waals surface area contributed by atoms with Gasteiger partial charge in [0.25, 0.3) is 5.91 Å². The molecule has 0 fully saturated rings. The lowest BCUT2D eigenvalue weighted by molar-refractivity contribution is 0.0946. The second kappa shape index (κ2) is 9.75. The first-order valence-electron chi connectivity index (χ1n) is 9.73. The highest BCUT2D eigenvalue weighted by Gasteiger charge is 2.10. The third kappa shape index (κ3) is 5.46. The van der Waals surface area contributed by atoms with E-state index >= 15 is 0 Å². The van der Waals surface area contributed by atoms with E-state index in [0.717, 1.165) is 35.3 Å². The van der Waals surface area contributed by atoms with Crippen molar-refractivity contribution in [3.63, 3.8) is 0 Å². The van der Waals surface area contributed by atoms with E-state index < -0.39 is 0 Å². The fourth-order valence-corrected chi connectivity index (χ4v) is 3.27. The first kappa shape index (κ1) is 19.7. The number of nitrogens with one attached hydrogen (secondary N) is 1. The molecule has 28 heavy (non-hydrogen) atoms. The lowest BCUT2D eigenvalue weighted by atomic mass is 9.99. The maximum absolute atomic E-state index is 12.6. The van der Waals surface area contributed by atoms with E-state index in [-0.39, 0.29) is 5.91 Å². The minimum atomic E-state index is -0.0483. The van der Waals surface area contributed by atoms with Gasteiger partial charge in [0.1, 0.15) is 12.4 Å². The Morgan fingerprint density at radius 3 is 2.43 bits per heavy atom. The predicted octanol–water partition coefficient (Wildman–Crippen LogP) is 4.90. The number of aryl methyl sites for hydroxylation is 4. The van der Waals surface area contributed by atoms with Crippen molar-refractivity contribution in [3.05, 3.63) is 101 Å². The van der Waals surface area contributed by atoms with Gasteiger partial charge in [0.15, 0.2) is 0 Å². The van der Waals surface area contributed by atoms with Gasteiger partial charge in [-0.25, -0.2) is 0 Å². The summed E-state index contributed by atoms with van der Waals surface area (Å²) in [6.07, 6.45) is 1.76. The summed E-state index contributed by atoms with van der Waals surface area (Å²) in [5, 5.41) is 2.97. The van der Waals surface area contributed by atoms with Gasteiger partial charge < -0.3 is 10.1 Å². The molecule has 0 unspecified atom stereocenters. The molecule has 0 radical (unpaired) electrons. The Bertz CT molecular complexity index is 919. The van der Waals surface area contributed by atoms with Crippen LogP contribution in [0.5, 0.6) is 5.75 Å². The van der Waals surface area contributed by atoms with Gasteiger partial charge in [0.05, 0.1) is 6.54 Å². The van der Waals surface area contributed by atoms with Crippen LogP contribution in [0.25, 0.3) is 0 Å². The van der Waals surface area contributed by atoms with Gasteiger partial charge in [-0.3, -0.25) is 4.79 Å². The largest absolute Gasteiger partial charge is 0.491 e. The summed E-state index contributed by atoms with van der Waals surface area (Å²) in [7, 11) is 0. The van der Waals surface area contributed by atoms with Crippen LogP contribution in [0, 0.1) is 13.8 Å². The van der Waals surface area contributed by atoms with Crippen molar-refractivity contribution in [3.8, 4) is 5.75 Å². The number of hydrogen-bond acceptors (Lipinski definition) is 2. The molecule has 1 amide bonds. The van der Waals surface area contributed by atoms with Crippen LogP contribution in [0.3, 0.4) is 0 Å². The van der Waals surface area contributed by atoms with E-state index in [1.807, 2.05) is 61.5 Å². The normalized spacial score (nSPS) is 10.5. The molecule has 3 aromatic rings. The molecular weight excluding hydrogens is 346 g/mol. The number of carbonyl (C=O) groups excluding carboxylic acids is 1. The Balaban J connectivity index is 1.52. The van der Waals surface area contributed by atoms with Crippen LogP contribution in [0.1, 0.15) is 32.6 Å². The van der Waals surface area contributed by atoms with E-state index in [1.54, 1.807) is 0 Å². The fraction of sp³-hybridized carbons (Fsp3) is 0.240. The van der Waals surface area contributed by atoms with Crippen molar-refractivity contribution in [2.75, 3.05) is 13.2 Å². The zero-order chi connectivity index (χ0) is 19.8. The van der Waals surface area contributed by atoms with Gasteiger partial charge in [0.2, 0.25) is 0 Å². The number of rotatable bonds is 8. The maximum Gasteiger partial charge on any atom is 0.251 e. The molecular formula is C25H27NO2. The molecule has 144 valence electrons. The molecule has 0 aromatic heterocycles. The van der Waals surface area contributed by atoms with E-state index in [4.69, 9.17) is 4.74 Å². The lowest BCUT2D eigenvalue weighted by Gasteiger charge is -2.12. The minimum Gasteiger partial charge on any atom is -0.491 e. The first-order chi connectivity index (χ1) is 13.6. The highest BCUT2D eigenvalue weighted by atomic mass is 16.5. The van der Waals surface area contributed by atoms with Crippen LogP contribution in [0.4, 0.5) is 0 Å². The standard InChI is InChI=1S/C25H27NO2/c1-19-12-15-24(20(2)18-19)28-17-16-26-25(27)23-11-7-6-10-22(23)14-13-21-8-4-3-5-9-21/h3-12,15,18H,13-14,16-17H2,1-2H3,(H,26,27). The number of benzene rings is 3. The molecule has 0 aliphatic heterocycles. The molecule has 0 atom stereocenters. The Morgan fingerprint density at radius 2 is 1.64 bits per heavy atom. The number of hydrogen-bond donors (Lipinski definition) is 1. The molecule has 3 heteroatoms. The quantitative estimate of drug-likeness (QED) is 0.571. The van der Waals surface area contributed by atoms with E-state index in [1.165, 1.54) is 11.1 Å². The summed E-state index contributed by atoms with van der Waals surface area (Å²) in [6.45, 7) is 5.01. The van der Waals surface area contributed by atoms with Gasteiger partial charge in [-0.1, -0.05) is 66.2 Å². The van der Waals surface area contributed by atoms with Gasteiger partial charge >= 0.3 is 0 Å². The van der Waals surface area contributed by atoms with Gasteiger partial charge in [-0.2, -0.15) is 0 Å². The second-order valence-electron chi connectivity index (χ2n) is 7.02. The Morgan fingerprint density at radius 1 is 0.893 bits per heavy atom. The third-order valence-corrected chi connectivity index (χ3v) is 4.76. The van der Waals surface area contributed by atoms with Crippen molar-refractivity contribution in [2.45, 2.75) is 26.7 Å². The molecule has 0 bridgehead atoms. The summed E-state index contributed by atoms with van der Waals surface area (Å²) < 4.78 is 5.80. The minimum absolute atomic E-state index is 0.0483. The molecule has 3 rings (SSSR count). The highest BCUT2D eigenvalue weighted by Crippen LogP contribution is 2.18. The number of amides is 1. The molecule has 0 heterocycles. The average molecular weight is 373 g/mol. The van der Waals surface area contributed by atoms with Crippen molar-refractivity contribution < 1.29 is 9.53 Å². The van der Waals surface area contributed by atoms with E-state index in [0.29, 0.717) is 13.2 Å². The van der Waals surface area contributed by atoms with Crippen molar-refractivity contribution in [2.24, 2.45) is 0 Å². The summed E-state index contributed by atoms with van der Waals surface area (Å²) >= 11 is 0. The van der Waals surface area contributed by atoms with Crippen molar-refractivity contribution in [1.29, 1.82) is 0 Å². The van der Waals surface area contributed by atoms with Crippen LogP contribution < -0.4 is 10.1 Å². The Kier molecular flexibility index (Phi) is 6.85. The summed E-state index contributed by atoms with van der Waals surface area (Å²) in [6, 6.07) is 24.3. The van der Waals surface area contributed by atoms with Crippen LogP contribution in [0.15, 0.2) is 72.8 Å². The highest BCUT2D eigenvalue weighted by molar-refractivity contribution is 5.95. The van der Waals surface area contributed by atoms with Crippen LogP contribution in [0.2, 0.25) is 0 Å². The third-order valence-electron chi connectivity index (χ3n) is 4.76. The second-order valence-corrected chi connectivity index (χ2v) is 7.02. The molecule has 1 N–H and O–H groups in total. The predicted molar refractivity (Wildman–Crippen MR) is 114 cm³/mol. The Hall–Kier alpha value is -3.07. The van der Waals surface area contributed by atoms with Crippen LogP contribution in [-0.2, 0) is 12.8 Å². The molecule has 0 aliphatic carbocycles. The zero-order valence-corrected chi connectivity index (χ0v) is 16.6. The van der Waals surface area contributed by atoms with E-state index in [2.05, 4.69) is 30.4 Å². The SMILES string of the molecule is Cc1ccc(OCCNC(=O)c2ccccc2CCc2ccccc2)c(C)c1. The fourth-order valence-electron chi connectivity index (χ4n) is 3.27. The van der Waals surface area contributed by atoms with Crippen LogP contribution in [-0.4, -0.2) is 19.1 Å². The molecule has 0 aliphatic rings. The number of ether oxygens (including phenoxy) is 1. The van der Waals surface area contributed by atoms with E-state index in [9.17, 15) is 4.79 Å². The lowest BCUT2D eigenvalue weighted by Crippen LogP contribution is -2.29. The molecule has 3 nitrogen and oxygen atoms in total. The molecule has 0 saturated carbocycles. The molecule has 3 aromatic carbocycles. The topological polar surface area (TPSA) is 38.3 Å². The summed E-state index contributed by atoms with van der Waals surface area (Å²) in [5.41, 5.74) is 5.41. The maximum atomic E-state index is 12.6. The smallest absolute Gasteiger partial charge is 0.251 e. The van der Waals surface area contributed by atoms with Gasteiger partial charge in [-0.15, -0.1) is 0 Å².